The van der Waals surface area contributed by atoms with E-state index in [-0.39, 0.29) is 5.75 Å². The van der Waals surface area contributed by atoms with E-state index in [2.05, 4.69) is 31.8 Å². The van der Waals surface area contributed by atoms with Gasteiger partial charge in [0.2, 0.25) is 0 Å². The van der Waals surface area contributed by atoms with Crippen molar-refractivity contribution in [3.63, 3.8) is 0 Å². The fourth-order valence-electron chi connectivity index (χ4n) is 1.85. The van der Waals surface area contributed by atoms with Gasteiger partial charge in [-0.1, -0.05) is 12.1 Å². The second-order valence-electron chi connectivity index (χ2n) is 4.79. The molecular formula is C17H16BrN3O4. The van der Waals surface area contributed by atoms with Crippen molar-refractivity contribution in [3.8, 4) is 11.5 Å². The Labute approximate surface area is 152 Å². The first-order valence-electron chi connectivity index (χ1n) is 7.36. The van der Waals surface area contributed by atoms with E-state index in [1.807, 2.05) is 6.92 Å². The number of nitrogens with zero attached hydrogens (tertiary/aromatic N) is 1. The van der Waals surface area contributed by atoms with Crippen molar-refractivity contribution in [1.82, 2.24) is 5.43 Å². The lowest BCUT2D eigenvalue weighted by Crippen LogP contribution is -2.32. The van der Waals surface area contributed by atoms with Crippen LogP contribution in [-0.2, 0) is 9.59 Å². The fourth-order valence-corrected chi connectivity index (χ4v) is 2.25. The van der Waals surface area contributed by atoms with Gasteiger partial charge in [-0.3, -0.25) is 9.59 Å². The third kappa shape index (κ3) is 5.32. The molecular weight excluding hydrogens is 390 g/mol. The van der Waals surface area contributed by atoms with Crippen LogP contribution in [0.5, 0.6) is 11.5 Å². The molecule has 0 saturated carbocycles. The van der Waals surface area contributed by atoms with Gasteiger partial charge in [-0.05, 0) is 58.7 Å². The lowest BCUT2D eigenvalue weighted by Gasteiger charge is -2.10. The molecule has 130 valence electrons. The number of para-hydroxylation sites is 2. The molecule has 3 N–H and O–H groups in total. The number of nitrogens with one attached hydrogen (secondary N) is 2. The van der Waals surface area contributed by atoms with Crippen LogP contribution in [0.2, 0.25) is 0 Å². The normalized spacial score (nSPS) is 10.5. The number of phenolic OH excluding ortho intramolecular Hbond substituents is 1. The van der Waals surface area contributed by atoms with Gasteiger partial charge < -0.3 is 15.2 Å². The molecule has 0 aliphatic heterocycles. The van der Waals surface area contributed by atoms with Gasteiger partial charge in [0.15, 0.2) is 0 Å². The third-order valence-corrected chi connectivity index (χ3v) is 3.63. The summed E-state index contributed by atoms with van der Waals surface area (Å²) in [5.41, 5.74) is 3.17. The molecule has 0 atom stereocenters. The summed E-state index contributed by atoms with van der Waals surface area (Å²) in [6, 6.07) is 11.5. The second-order valence-corrected chi connectivity index (χ2v) is 5.65. The number of halogens is 1. The monoisotopic (exact) mass is 405 g/mol. The van der Waals surface area contributed by atoms with Gasteiger partial charge in [-0.15, -0.1) is 0 Å². The highest BCUT2D eigenvalue weighted by Crippen LogP contribution is 2.24. The second kappa shape index (κ2) is 8.84. The van der Waals surface area contributed by atoms with E-state index in [0.717, 1.165) is 0 Å². The average Bonchev–Trinajstić information content (AvgIpc) is 2.60. The highest BCUT2D eigenvalue weighted by molar-refractivity contribution is 9.10. The van der Waals surface area contributed by atoms with Crippen molar-refractivity contribution >= 4 is 39.6 Å². The Hall–Kier alpha value is -2.87. The minimum atomic E-state index is -0.916. The smallest absolute Gasteiger partial charge is 0.329 e. The fraction of sp³-hybridized carbons (Fsp3) is 0.118. The first-order chi connectivity index (χ1) is 12.0. The van der Waals surface area contributed by atoms with E-state index in [1.165, 1.54) is 12.3 Å². The number of carbonyl (C=O) groups excluding carboxylic acids is 2. The molecule has 0 bridgehead atoms. The van der Waals surface area contributed by atoms with Crippen LogP contribution in [0.15, 0.2) is 52.0 Å². The summed E-state index contributed by atoms with van der Waals surface area (Å²) in [5, 5.41) is 15.6. The molecule has 0 radical (unpaired) electrons. The summed E-state index contributed by atoms with van der Waals surface area (Å²) in [4.78, 5) is 23.7. The summed E-state index contributed by atoms with van der Waals surface area (Å²) in [6.45, 7) is 2.26. The first-order valence-corrected chi connectivity index (χ1v) is 8.15. The number of hydrogen-bond donors (Lipinski definition) is 3. The van der Waals surface area contributed by atoms with E-state index in [4.69, 9.17) is 4.74 Å². The molecule has 25 heavy (non-hydrogen) atoms. The van der Waals surface area contributed by atoms with E-state index in [0.29, 0.717) is 28.1 Å². The highest BCUT2D eigenvalue weighted by Gasteiger charge is 2.15. The Bertz CT molecular complexity index is 808. The molecule has 2 aromatic carbocycles. The lowest BCUT2D eigenvalue weighted by molar-refractivity contribution is -0.136. The van der Waals surface area contributed by atoms with Crippen molar-refractivity contribution in [1.29, 1.82) is 0 Å². The van der Waals surface area contributed by atoms with E-state index in [9.17, 15) is 14.7 Å². The zero-order valence-corrected chi connectivity index (χ0v) is 14.9. The number of phenols is 1. The predicted octanol–water partition coefficient (Wildman–Crippen LogP) is 2.64. The largest absolute Gasteiger partial charge is 0.507 e. The zero-order valence-electron chi connectivity index (χ0n) is 13.3. The standard InChI is InChI=1S/C17H16BrN3O4/c1-2-25-15-6-4-3-5-13(15)20-16(23)17(24)21-19-10-11-7-8-14(22)12(18)9-11/h3-10,22H,2H2,1H3,(H,20,23)(H,21,24)/b19-10+. The SMILES string of the molecule is CCOc1ccccc1NC(=O)C(=O)N/N=C/c1ccc(O)c(Br)c1. The lowest BCUT2D eigenvalue weighted by atomic mass is 10.2. The number of rotatable bonds is 5. The number of benzene rings is 2. The van der Waals surface area contributed by atoms with Gasteiger partial charge in [0, 0.05) is 0 Å². The average molecular weight is 406 g/mol. The third-order valence-electron chi connectivity index (χ3n) is 2.99. The van der Waals surface area contributed by atoms with Crippen LogP contribution in [0, 0.1) is 0 Å². The van der Waals surface area contributed by atoms with Crippen LogP contribution >= 0.6 is 15.9 Å². The number of ether oxygens (including phenoxy) is 1. The molecule has 2 rings (SSSR count). The molecule has 0 aromatic heterocycles. The van der Waals surface area contributed by atoms with Gasteiger partial charge in [0.05, 0.1) is 23.0 Å². The Kier molecular flexibility index (Phi) is 6.53. The topological polar surface area (TPSA) is 100 Å². The maximum Gasteiger partial charge on any atom is 0.329 e. The Morgan fingerprint density at radius 1 is 1.24 bits per heavy atom. The Morgan fingerprint density at radius 3 is 2.72 bits per heavy atom. The summed E-state index contributed by atoms with van der Waals surface area (Å²) in [5.74, 6) is -1.21. The van der Waals surface area contributed by atoms with Crippen molar-refractivity contribution in [2.45, 2.75) is 6.92 Å². The Morgan fingerprint density at radius 2 is 2.00 bits per heavy atom. The van der Waals surface area contributed by atoms with Gasteiger partial charge in [0.1, 0.15) is 11.5 Å². The van der Waals surface area contributed by atoms with Crippen LogP contribution in [-0.4, -0.2) is 29.7 Å². The molecule has 0 spiro atoms. The van der Waals surface area contributed by atoms with Crippen LogP contribution in [0.25, 0.3) is 0 Å². The number of carbonyl (C=O) groups is 2. The molecule has 8 heteroatoms. The van der Waals surface area contributed by atoms with Crippen LogP contribution in [0.4, 0.5) is 5.69 Å². The van der Waals surface area contributed by atoms with E-state index < -0.39 is 11.8 Å². The minimum absolute atomic E-state index is 0.0912. The summed E-state index contributed by atoms with van der Waals surface area (Å²) >= 11 is 3.17. The van der Waals surface area contributed by atoms with E-state index >= 15 is 0 Å². The van der Waals surface area contributed by atoms with Gasteiger partial charge in [-0.25, -0.2) is 5.43 Å². The zero-order chi connectivity index (χ0) is 18.2. The van der Waals surface area contributed by atoms with Crippen LogP contribution in [0.3, 0.4) is 0 Å². The predicted molar refractivity (Wildman–Crippen MR) is 97.8 cm³/mol. The number of amides is 2. The van der Waals surface area contributed by atoms with Gasteiger partial charge in [0.25, 0.3) is 0 Å². The van der Waals surface area contributed by atoms with Gasteiger partial charge >= 0.3 is 11.8 Å². The van der Waals surface area contributed by atoms with E-state index in [1.54, 1.807) is 36.4 Å². The summed E-state index contributed by atoms with van der Waals surface area (Å²) < 4.78 is 5.87. The van der Waals surface area contributed by atoms with Crippen molar-refractivity contribution in [2.24, 2.45) is 5.10 Å². The van der Waals surface area contributed by atoms with Crippen molar-refractivity contribution < 1.29 is 19.4 Å². The molecule has 0 saturated heterocycles. The Balaban J connectivity index is 1.95. The molecule has 2 aromatic rings. The molecule has 2 amide bonds. The molecule has 0 fully saturated rings. The molecule has 0 aliphatic carbocycles. The van der Waals surface area contributed by atoms with Crippen molar-refractivity contribution in [3.05, 3.63) is 52.5 Å². The number of hydrazone groups is 1. The van der Waals surface area contributed by atoms with Crippen molar-refractivity contribution in [2.75, 3.05) is 11.9 Å². The number of aromatic hydroxyl groups is 1. The number of anilines is 1. The number of hydrogen-bond acceptors (Lipinski definition) is 5. The summed E-state index contributed by atoms with van der Waals surface area (Å²) in [7, 11) is 0. The quantitative estimate of drug-likeness (QED) is 0.404. The van der Waals surface area contributed by atoms with Crippen LogP contribution < -0.4 is 15.5 Å². The maximum atomic E-state index is 11.9. The maximum absolute atomic E-state index is 11.9. The first kappa shape index (κ1) is 18.5. The van der Waals surface area contributed by atoms with Gasteiger partial charge in [-0.2, -0.15) is 5.10 Å². The molecule has 0 aliphatic rings. The molecule has 0 unspecified atom stereocenters. The minimum Gasteiger partial charge on any atom is -0.507 e. The molecule has 7 nitrogen and oxygen atoms in total. The van der Waals surface area contributed by atoms with Crippen LogP contribution in [0.1, 0.15) is 12.5 Å². The highest BCUT2D eigenvalue weighted by atomic mass is 79.9. The molecule has 0 heterocycles. The summed E-state index contributed by atoms with van der Waals surface area (Å²) in [6.07, 6.45) is 1.35.